The summed E-state index contributed by atoms with van der Waals surface area (Å²) in [4.78, 5) is 0. The lowest BCUT2D eigenvalue weighted by Crippen LogP contribution is -2.33. The van der Waals surface area contributed by atoms with Crippen molar-refractivity contribution in [1.29, 1.82) is 0 Å². The van der Waals surface area contributed by atoms with Crippen LogP contribution in [0.3, 0.4) is 0 Å². The molecule has 2 unspecified atom stereocenters. The third-order valence-electron chi connectivity index (χ3n) is 4.40. The second kappa shape index (κ2) is 6.42. The molecular weight excluding hydrogens is 212 g/mol. The summed E-state index contributed by atoms with van der Waals surface area (Å²) in [5.41, 5.74) is 0. The highest BCUT2D eigenvalue weighted by atomic mass is 16.5. The van der Waals surface area contributed by atoms with Crippen molar-refractivity contribution in [3.8, 4) is 11.8 Å². The number of rotatable bonds is 2. The minimum Gasteiger partial charge on any atom is -0.394 e. The molecule has 2 nitrogen and oxygen atoms in total. The topological polar surface area (TPSA) is 29.5 Å². The van der Waals surface area contributed by atoms with Crippen LogP contribution in [0, 0.1) is 29.6 Å². The van der Waals surface area contributed by atoms with Crippen LogP contribution in [0.1, 0.15) is 48.3 Å². The molecule has 1 aliphatic carbocycles. The highest BCUT2D eigenvalue weighted by Crippen LogP contribution is 2.37. The fraction of sp³-hybridized carbons (Fsp3) is 0.867. The summed E-state index contributed by atoms with van der Waals surface area (Å²) >= 11 is 0. The number of aliphatic hydroxyl groups excluding tert-OH is 1. The fourth-order valence-corrected chi connectivity index (χ4v) is 3.28. The molecular formula is C15H28O2. The lowest BCUT2D eigenvalue weighted by Gasteiger charge is -2.36. The van der Waals surface area contributed by atoms with E-state index in [0.717, 1.165) is 24.9 Å². The molecule has 1 heterocycles. The van der Waals surface area contributed by atoms with Crippen LogP contribution in [-0.2, 0) is 4.74 Å². The summed E-state index contributed by atoms with van der Waals surface area (Å²) in [6.45, 7) is 2.99. The average Bonchev–Trinajstić information content (AvgIpc) is 2.40. The average molecular weight is 240 g/mol. The van der Waals surface area contributed by atoms with Crippen molar-refractivity contribution in [3.05, 3.63) is 0 Å². The zero-order valence-corrected chi connectivity index (χ0v) is 10.8. The molecule has 2 atom stereocenters. The maximum atomic E-state index is 9.04. The fourth-order valence-electron chi connectivity index (χ4n) is 3.28. The van der Waals surface area contributed by atoms with Crippen LogP contribution in [0.25, 0.3) is 0 Å². The molecule has 2 aliphatic rings. The Bertz CT molecular complexity index is 282. The zero-order valence-electron chi connectivity index (χ0n) is 10.8. The van der Waals surface area contributed by atoms with Gasteiger partial charge in [0.15, 0.2) is 0 Å². The predicted octanol–water partition coefficient (Wildman–Crippen LogP) is 3.10. The smallest absolute Gasteiger partial charge is 0.0806 e. The van der Waals surface area contributed by atoms with Crippen LogP contribution in [0.4, 0.5) is 0 Å². The van der Waals surface area contributed by atoms with E-state index in [1.165, 1.54) is 32.1 Å². The molecule has 0 radical (unpaired) electrons. The van der Waals surface area contributed by atoms with E-state index in [9.17, 15) is 0 Å². The van der Waals surface area contributed by atoms with Gasteiger partial charge >= 0.3 is 0 Å². The van der Waals surface area contributed by atoms with Crippen LogP contribution in [-0.4, -0.2) is 24.4 Å². The van der Waals surface area contributed by atoms with Crippen LogP contribution in [0.2, 0.25) is 0 Å². The minimum atomic E-state index is 0. The molecule has 100 valence electrons. The molecule has 0 aromatic heterocycles. The molecule has 1 saturated carbocycles. The van der Waals surface area contributed by atoms with Gasteiger partial charge in [0.25, 0.3) is 0 Å². The summed E-state index contributed by atoms with van der Waals surface area (Å²) < 4.78 is 5.69. The Kier molecular flexibility index (Phi) is 4.88. The third-order valence-corrected chi connectivity index (χ3v) is 4.40. The summed E-state index contributed by atoms with van der Waals surface area (Å²) in [5, 5.41) is 9.04. The first-order valence-corrected chi connectivity index (χ1v) is 6.98. The van der Waals surface area contributed by atoms with Crippen LogP contribution < -0.4 is 0 Å². The Hall–Kier alpha value is -0.520. The van der Waals surface area contributed by atoms with Crippen molar-refractivity contribution in [2.24, 2.45) is 17.8 Å². The molecule has 1 aliphatic heterocycles. The van der Waals surface area contributed by atoms with Gasteiger partial charge in [0.2, 0.25) is 0 Å². The van der Waals surface area contributed by atoms with Gasteiger partial charge in [-0.3, -0.25) is 0 Å². The van der Waals surface area contributed by atoms with E-state index in [0.29, 0.717) is 5.92 Å². The minimum absolute atomic E-state index is 0. The molecule has 1 saturated heterocycles. The first-order chi connectivity index (χ1) is 8.33. The van der Waals surface area contributed by atoms with Crippen molar-refractivity contribution in [3.63, 3.8) is 0 Å². The molecule has 1 N–H and O–H groups in total. The zero-order chi connectivity index (χ0) is 12.1. The van der Waals surface area contributed by atoms with Crippen LogP contribution in [0.15, 0.2) is 0 Å². The van der Waals surface area contributed by atoms with Gasteiger partial charge < -0.3 is 9.84 Å². The Balaban J connectivity index is 0.00000162. The Labute approximate surface area is 108 Å². The molecule has 2 fully saturated rings. The SMILES string of the molecule is CC#CC1CCC(C2CCC(CO)OC2)CC1.[HH].[HH]. The van der Waals surface area contributed by atoms with Gasteiger partial charge in [0.1, 0.15) is 0 Å². The van der Waals surface area contributed by atoms with E-state index in [2.05, 4.69) is 11.8 Å². The number of hydrogen-bond acceptors (Lipinski definition) is 2. The van der Waals surface area contributed by atoms with Crippen LogP contribution >= 0.6 is 0 Å². The van der Waals surface area contributed by atoms with E-state index in [1.807, 2.05) is 6.92 Å². The monoisotopic (exact) mass is 240 g/mol. The van der Waals surface area contributed by atoms with Gasteiger partial charge in [-0.25, -0.2) is 0 Å². The van der Waals surface area contributed by atoms with Gasteiger partial charge in [0.05, 0.1) is 19.3 Å². The van der Waals surface area contributed by atoms with E-state index in [-0.39, 0.29) is 15.6 Å². The second-order valence-electron chi connectivity index (χ2n) is 5.48. The number of hydrogen-bond donors (Lipinski definition) is 1. The van der Waals surface area contributed by atoms with Gasteiger partial charge in [0, 0.05) is 8.77 Å². The van der Waals surface area contributed by atoms with Gasteiger partial charge in [-0.05, 0) is 57.3 Å². The standard InChI is InChI=1S/C15H24O2.2H2/c1-2-3-12-4-6-13(7-5-12)14-8-9-15(10-16)17-11-14;;/h12-16H,4-11H2,1H3;2*1H. The second-order valence-corrected chi connectivity index (χ2v) is 5.48. The number of ether oxygens (including phenoxy) is 1. The maximum Gasteiger partial charge on any atom is 0.0806 e. The summed E-state index contributed by atoms with van der Waals surface area (Å²) in [6, 6.07) is 0. The summed E-state index contributed by atoms with van der Waals surface area (Å²) in [6.07, 6.45) is 7.55. The van der Waals surface area contributed by atoms with E-state index in [4.69, 9.17) is 9.84 Å². The van der Waals surface area contributed by atoms with Crippen molar-refractivity contribution in [2.45, 2.75) is 51.6 Å². The third kappa shape index (κ3) is 3.47. The Morgan fingerprint density at radius 2 is 1.82 bits per heavy atom. The molecule has 2 heteroatoms. The molecule has 0 aromatic carbocycles. The molecule has 2 rings (SSSR count). The van der Waals surface area contributed by atoms with E-state index in [1.54, 1.807) is 0 Å². The van der Waals surface area contributed by atoms with Crippen molar-refractivity contribution in [1.82, 2.24) is 0 Å². The van der Waals surface area contributed by atoms with Gasteiger partial charge in [-0.2, -0.15) is 0 Å². The highest BCUT2D eigenvalue weighted by Gasteiger charge is 2.30. The molecule has 0 spiro atoms. The lowest BCUT2D eigenvalue weighted by molar-refractivity contribution is -0.0595. The lowest BCUT2D eigenvalue weighted by atomic mass is 9.74. The summed E-state index contributed by atoms with van der Waals surface area (Å²) in [7, 11) is 0. The normalized spacial score (nSPS) is 38.2. The van der Waals surface area contributed by atoms with Gasteiger partial charge in [-0.1, -0.05) is 0 Å². The van der Waals surface area contributed by atoms with Gasteiger partial charge in [-0.15, -0.1) is 11.8 Å². The largest absolute Gasteiger partial charge is 0.394 e. The van der Waals surface area contributed by atoms with E-state index >= 15 is 0 Å². The van der Waals surface area contributed by atoms with Crippen molar-refractivity contribution >= 4 is 0 Å². The first kappa shape index (κ1) is 12.9. The quantitative estimate of drug-likeness (QED) is 0.752. The molecule has 0 amide bonds. The number of aliphatic hydroxyl groups is 1. The molecule has 0 bridgehead atoms. The Morgan fingerprint density at radius 3 is 2.35 bits per heavy atom. The van der Waals surface area contributed by atoms with E-state index < -0.39 is 0 Å². The first-order valence-electron chi connectivity index (χ1n) is 6.98. The highest BCUT2D eigenvalue weighted by molar-refractivity contribution is 5.02. The molecule has 17 heavy (non-hydrogen) atoms. The van der Waals surface area contributed by atoms with Crippen molar-refractivity contribution in [2.75, 3.05) is 13.2 Å². The Morgan fingerprint density at radius 1 is 1.12 bits per heavy atom. The van der Waals surface area contributed by atoms with Crippen molar-refractivity contribution < 1.29 is 12.7 Å². The van der Waals surface area contributed by atoms with Crippen LogP contribution in [0.5, 0.6) is 0 Å². The molecule has 0 aromatic rings. The predicted molar refractivity (Wildman–Crippen MR) is 72.7 cm³/mol. The summed E-state index contributed by atoms with van der Waals surface area (Å²) in [5.74, 6) is 8.56. The maximum absolute atomic E-state index is 9.04.